The van der Waals surface area contributed by atoms with Crippen LogP contribution >= 0.6 is 0 Å². The molecule has 2 N–H and O–H groups in total. The molecule has 140 valence electrons. The van der Waals surface area contributed by atoms with Crippen molar-refractivity contribution in [2.75, 3.05) is 0 Å². The summed E-state index contributed by atoms with van der Waals surface area (Å²) >= 11 is 0. The minimum Gasteiger partial charge on any atom is -0.548 e. The zero-order valence-corrected chi connectivity index (χ0v) is 14.8. The van der Waals surface area contributed by atoms with Gasteiger partial charge in [-0.1, -0.05) is 19.8 Å². The second-order valence-electron chi connectivity index (χ2n) is 6.25. The Hall–Kier alpha value is -2.83. The molecule has 7 nitrogen and oxygen atoms in total. The van der Waals surface area contributed by atoms with Crippen molar-refractivity contribution in [3.05, 3.63) is 39.7 Å². The Bertz CT molecular complexity index is 870. The van der Waals surface area contributed by atoms with Crippen LogP contribution in [0.5, 0.6) is 5.75 Å². The number of hydrogen-bond acceptors (Lipinski definition) is 6. The van der Waals surface area contributed by atoms with Gasteiger partial charge in [0.2, 0.25) is 5.91 Å². The van der Waals surface area contributed by atoms with E-state index in [9.17, 15) is 24.6 Å². The molecule has 1 amide bonds. The molecular weight excluding hydrogens is 338 g/mol. The highest BCUT2D eigenvalue weighted by atomic mass is 16.4. The molecule has 2 rings (SSSR count). The molecule has 1 aromatic heterocycles. The lowest BCUT2D eigenvalue weighted by molar-refractivity contribution is -0.308. The molecule has 1 heterocycles. The van der Waals surface area contributed by atoms with Gasteiger partial charge in [-0.25, -0.2) is 4.79 Å². The number of aliphatic carboxylic acids is 1. The van der Waals surface area contributed by atoms with E-state index in [1.807, 2.05) is 6.92 Å². The lowest BCUT2D eigenvalue weighted by Crippen LogP contribution is -2.47. The fourth-order valence-corrected chi connectivity index (χ4v) is 2.83. The van der Waals surface area contributed by atoms with Crippen LogP contribution in [0.3, 0.4) is 0 Å². The average Bonchev–Trinajstić information content (AvgIpc) is 2.57. The normalized spacial score (nSPS) is 12.1. The largest absolute Gasteiger partial charge is 0.548 e. The molecule has 0 aliphatic rings. The first-order valence-corrected chi connectivity index (χ1v) is 8.59. The van der Waals surface area contributed by atoms with E-state index in [4.69, 9.17) is 4.42 Å². The summed E-state index contributed by atoms with van der Waals surface area (Å²) in [6.07, 6.45) is 1.88. The maximum atomic E-state index is 12.2. The van der Waals surface area contributed by atoms with Crippen molar-refractivity contribution >= 4 is 22.8 Å². The third kappa shape index (κ3) is 4.62. The summed E-state index contributed by atoms with van der Waals surface area (Å²) in [5.41, 5.74) is 0.733. The predicted octanol–water partition coefficient (Wildman–Crippen LogP) is 1.16. The Kier molecular flexibility index (Phi) is 6.38. The van der Waals surface area contributed by atoms with Gasteiger partial charge >= 0.3 is 5.63 Å². The highest BCUT2D eigenvalue weighted by Crippen LogP contribution is 2.23. The van der Waals surface area contributed by atoms with E-state index in [1.165, 1.54) is 12.1 Å². The topological polar surface area (TPSA) is 120 Å². The zero-order chi connectivity index (χ0) is 19.3. The number of hydrogen-bond donors (Lipinski definition) is 2. The molecule has 0 aliphatic heterocycles. The Labute approximate surface area is 150 Å². The molecule has 0 spiro atoms. The quantitative estimate of drug-likeness (QED) is 0.682. The van der Waals surface area contributed by atoms with Gasteiger partial charge in [-0.2, -0.15) is 0 Å². The van der Waals surface area contributed by atoms with Gasteiger partial charge < -0.3 is 24.7 Å². The van der Waals surface area contributed by atoms with E-state index in [0.29, 0.717) is 29.4 Å². The van der Waals surface area contributed by atoms with E-state index in [-0.39, 0.29) is 24.2 Å². The summed E-state index contributed by atoms with van der Waals surface area (Å²) in [6.45, 7) is 3.67. The van der Waals surface area contributed by atoms with Gasteiger partial charge in [0.25, 0.3) is 0 Å². The second kappa shape index (κ2) is 8.51. The number of carboxylic acid groups (broad SMARTS) is 1. The Morgan fingerprint density at radius 3 is 2.73 bits per heavy atom. The van der Waals surface area contributed by atoms with E-state index < -0.39 is 23.5 Å². The van der Waals surface area contributed by atoms with Crippen LogP contribution < -0.4 is 16.0 Å². The smallest absolute Gasteiger partial charge is 0.339 e. The van der Waals surface area contributed by atoms with Gasteiger partial charge in [0, 0.05) is 23.4 Å². The molecule has 1 aromatic carbocycles. The summed E-state index contributed by atoms with van der Waals surface area (Å²) in [5, 5.41) is 23.7. The molecule has 7 heteroatoms. The number of amides is 1. The molecule has 0 unspecified atom stereocenters. The standard InChI is InChI=1S/C19H23NO6/c1-3-4-5-15(18(23)24)20-17(22)9-8-14-11(2)13-7-6-12(21)10-16(13)26-19(14)25/h6-7,10,15,21H,3-5,8-9H2,1-2H3,(H,20,22)(H,23,24)/p-1/t15-/m0/s1. The maximum absolute atomic E-state index is 12.2. The molecular formula is C19H22NO6-. The van der Waals surface area contributed by atoms with Crippen LogP contribution in [0.1, 0.15) is 43.7 Å². The van der Waals surface area contributed by atoms with Crippen LogP contribution in [0.15, 0.2) is 27.4 Å². The first-order valence-electron chi connectivity index (χ1n) is 8.59. The molecule has 0 aliphatic carbocycles. The molecule has 0 fully saturated rings. The van der Waals surface area contributed by atoms with Crippen molar-refractivity contribution in [1.29, 1.82) is 0 Å². The van der Waals surface area contributed by atoms with Crippen LogP contribution in [0.2, 0.25) is 0 Å². The molecule has 0 saturated carbocycles. The highest BCUT2D eigenvalue weighted by Gasteiger charge is 2.16. The molecule has 0 saturated heterocycles. The number of carbonyl (C=O) groups excluding carboxylic acids is 2. The molecule has 0 radical (unpaired) electrons. The monoisotopic (exact) mass is 360 g/mol. The fraction of sp³-hybridized carbons (Fsp3) is 0.421. The number of aromatic hydroxyl groups is 1. The summed E-state index contributed by atoms with van der Waals surface area (Å²) in [4.78, 5) is 35.3. The number of phenolic OH excluding ortho intramolecular Hbond substituents is 1. The molecule has 0 bridgehead atoms. The van der Waals surface area contributed by atoms with Crippen molar-refractivity contribution in [2.24, 2.45) is 0 Å². The Morgan fingerprint density at radius 2 is 2.08 bits per heavy atom. The number of unbranched alkanes of at least 4 members (excludes halogenated alkanes) is 1. The number of aryl methyl sites for hydroxylation is 1. The van der Waals surface area contributed by atoms with Crippen molar-refractivity contribution in [1.82, 2.24) is 5.32 Å². The first kappa shape index (κ1) is 19.5. The SMILES string of the molecule is CCCC[C@H](NC(=O)CCc1c(C)c2ccc(O)cc2oc1=O)C(=O)[O-]. The third-order valence-electron chi connectivity index (χ3n) is 4.34. The van der Waals surface area contributed by atoms with Gasteiger partial charge in [-0.15, -0.1) is 0 Å². The minimum absolute atomic E-state index is 0.00687. The van der Waals surface area contributed by atoms with Crippen LogP contribution in [-0.2, 0) is 16.0 Å². The van der Waals surface area contributed by atoms with Gasteiger partial charge in [-0.3, -0.25) is 4.79 Å². The van der Waals surface area contributed by atoms with Gasteiger partial charge in [0.05, 0.1) is 12.0 Å². The lowest BCUT2D eigenvalue weighted by atomic mass is 10.0. The number of fused-ring (bicyclic) bond motifs is 1. The molecule has 2 aromatic rings. The number of nitrogens with one attached hydrogen (secondary N) is 1. The lowest BCUT2D eigenvalue weighted by Gasteiger charge is -2.19. The highest BCUT2D eigenvalue weighted by molar-refractivity contribution is 5.84. The number of carboxylic acids is 1. The van der Waals surface area contributed by atoms with Crippen molar-refractivity contribution < 1.29 is 24.2 Å². The van der Waals surface area contributed by atoms with E-state index in [0.717, 1.165) is 6.42 Å². The molecule has 1 atom stereocenters. The van der Waals surface area contributed by atoms with Gasteiger partial charge in [0.15, 0.2) is 0 Å². The van der Waals surface area contributed by atoms with Gasteiger partial charge in [-0.05, 0) is 37.5 Å². The summed E-state index contributed by atoms with van der Waals surface area (Å²) in [7, 11) is 0. The number of rotatable bonds is 8. The number of phenols is 1. The second-order valence-corrected chi connectivity index (χ2v) is 6.25. The van der Waals surface area contributed by atoms with Crippen LogP contribution in [0.4, 0.5) is 0 Å². The van der Waals surface area contributed by atoms with Crippen molar-refractivity contribution in [3.8, 4) is 5.75 Å². The Morgan fingerprint density at radius 1 is 1.35 bits per heavy atom. The summed E-state index contributed by atoms with van der Waals surface area (Å²) < 4.78 is 5.21. The van der Waals surface area contributed by atoms with Crippen LogP contribution in [0.25, 0.3) is 11.0 Å². The maximum Gasteiger partial charge on any atom is 0.339 e. The van der Waals surface area contributed by atoms with E-state index in [1.54, 1.807) is 13.0 Å². The van der Waals surface area contributed by atoms with Crippen LogP contribution in [0, 0.1) is 6.92 Å². The summed E-state index contributed by atoms with van der Waals surface area (Å²) in [5.74, 6) is -1.78. The number of benzene rings is 1. The predicted molar refractivity (Wildman–Crippen MR) is 93.7 cm³/mol. The number of carbonyl (C=O) groups is 2. The van der Waals surface area contributed by atoms with Crippen LogP contribution in [-0.4, -0.2) is 23.0 Å². The summed E-state index contributed by atoms with van der Waals surface area (Å²) in [6, 6.07) is 3.46. The van der Waals surface area contributed by atoms with E-state index in [2.05, 4.69) is 5.32 Å². The van der Waals surface area contributed by atoms with E-state index >= 15 is 0 Å². The van der Waals surface area contributed by atoms with Gasteiger partial charge in [0.1, 0.15) is 11.3 Å². The first-order chi connectivity index (χ1) is 12.3. The Balaban J connectivity index is 2.11. The third-order valence-corrected chi connectivity index (χ3v) is 4.34. The average molecular weight is 360 g/mol. The van der Waals surface area contributed by atoms with Crippen molar-refractivity contribution in [3.63, 3.8) is 0 Å². The molecule has 26 heavy (non-hydrogen) atoms. The zero-order valence-electron chi connectivity index (χ0n) is 14.8. The van der Waals surface area contributed by atoms with Crippen molar-refractivity contribution in [2.45, 2.75) is 52.0 Å². The minimum atomic E-state index is -1.31. The fourth-order valence-electron chi connectivity index (χ4n) is 2.83.